The van der Waals surface area contributed by atoms with Crippen molar-refractivity contribution in [3.8, 4) is 5.75 Å². The van der Waals surface area contributed by atoms with E-state index in [-0.39, 0.29) is 6.04 Å². The van der Waals surface area contributed by atoms with Gasteiger partial charge in [-0.05, 0) is 35.2 Å². The maximum absolute atomic E-state index is 6.29. The van der Waals surface area contributed by atoms with Crippen molar-refractivity contribution in [2.75, 3.05) is 12.9 Å². The van der Waals surface area contributed by atoms with Crippen molar-refractivity contribution in [2.45, 2.75) is 30.7 Å². The maximum Gasteiger partial charge on any atom is 0.119 e. The van der Waals surface area contributed by atoms with Crippen molar-refractivity contribution < 1.29 is 4.74 Å². The molecule has 0 saturated heterocycles. The highest BCUT2D eigenvalue weighted by Gasteiger charge is 2.08. The van der Waals surface area contributed by atoms with Crippen molar-refractivity contribution in [1.82, 2.24) is 0 Å². The Morgan fingerprint density at radius 1 is 1.05 bits per heavy atom. The molecule has 0 heterocycles. The number of methoxy groups -OCH3 is 1. The molecule has 2 aromatic carbocycles. The van der Waals surface area contributed by atoms with Crippen LogP contribution < -0.4 is 10.5 Å². The second kappa shape index (κ2) is 7.53. The minimum absolute atomic E-state index is 0.0439. The van der Waals surface area contributed by atoms with Crippen molar-refractivity contribution in [3.63, 3.8) is 0 Å². The molecule has 0 aliphatic rings. The lowest BCUT2D eigenvalue weighted by Gasteiger charge is -2.13. The number of thioether (sulfide) groups is 1. The average Bonchev–Trinajstić information content (AvgIpc) is 2.53. The number of hydrogen-bond acceptors (Lipinski definition) is 3. The van der Waals surface area contributed by atoms with Crippen molar-refractivity contribution in [3.05, 3.63) is 59.7 Å². The van der Waals surface area contributed by atoms with Gasteiger partial charge in [0, 0.05) is 16.7 Å². The predicted molar refractivity (Wildman–Crippen MR) is 91.2 cm³/mol. The second-order valence-corrected chi connectivity index (χ2v) is 6.51. The Hall–Kier alpha value is -1.45. The van der Waals surface area contributed by atoms with Gasteiger partial charge in [0.2, 0.25) is 0 Å². The molecule has 0 aliphatic heterocycles. The molecule has 2 nitrogen and oxygen atoms in total. The number of nitrogens with two attached hydrogens (primary N) is 1. The molecule has 0 saturated carbocycles. The van der Waals surface area contributed by atoms with Crippen molar-refractivity contribution in [1.29, 1.82) is 0 Å². The van der Waals surface area contributed by atoms with Crippen LogP contribution in [-0.4, -0.2) is 12.9 Å². The van der Waals surface area contributed by atoms with Crippen LogP contribution in [0, 0.1) is 0 Å². The number of benzene rings is 2. The van der Waals surface area contributed by atoms with Crippen LogP contribution in [0.4, 0.5) is 0 Å². The largest absolute Gasteiger partial charge is 0.497 e. The van der Waals surface area contributed by atoms with Crippen LogP contribution in [0.5, 0.6) is 5.75 Å². The fourth-order valence-electron chi connectivity index (χ4n) is 2.10. The van der Waals surface area contributed by atoms with E-state index in [1.165, 1.54) is 16.0 Å². The summed E-state index contributed by atoms with van der Waals surface area (Å²) in [4.78, 5) is 1.18. The Morgan fingerprint density at radius 2 is 1.71 bits per heavy atom. The second-order valence-electron chi connectivity index (χ2n) is 5.42. The number of ether oxygens (including phenoxy) is 1. The van der Waals surface area contributed by atoms with Gasteiger partial charge in [-0.15, -0.1) is 11.8 Å². The standard InChI is InChI=1S/C18H23NOS/c1-13(2)14-7-9-15(10-8-14)18(19)12-21-17-6-4-5-16(11-17)20-3/h4-11,13,18H,12,19H2,1-3H3. The van der Waals surface area contributed by atoms with Crippen LogP contribution in [0.15, 0.2) is 53.4 Å². The predicted octanol–water partition coefficient (Wildman–Crippen LogP) is 4.61. The summed E-state index contributed by atoms with van der Waals surface area (Å²) in [5, 5.41) is 0. The molecule has 2 N–H and O–H groups in total. The van der Waals surface area contributed by atoms with Crippen molar-refractivity contribution in [2.24, 2.45) is 5.73 Å². The lowest BCUT2D eigenvalue weighted by molar-refractivity contribution is 0.413. The van der Waals surface area contributed by atoms with E-state index in [0.29, 0.717) is 5.92 Å². The van der Waals surface area contributed by atoms with Crippen LogP contribution in [-0.2, 0) is 0 Å². The van der Waals surface area contributed by atoms with Crippen LogP contribution in [0.1, 0.15) is 36.9 Å². The Labute approximate surface area is 131 Å². The first-order valence-electron chi connectivity index (χ1n) is 7.22. The minimum Gasteiger partial charge on any atom is -0.497 e. The van der Waals surface area contributed by atoms with Crippen molar-refractivity contribution >= 4 is 11.8 Å². The first-order chi connectivity index (χ1) is 10.1. The van der Waals surface area contributed by atoms with E-state index in [2.05, 4.69) is 44.2 Å². The van der Waals surface area contributed by atoms with Gasteiger partial charge in [0.1, 0.15) is 5.75 Å². The van der Waals surface area contributed by atoms with Gasteiger partial charge in [-0.3, -0.25) is 0 Å². The summed E-state index contributed by atoms with van der Waals surface area (Å²) in [7, 11) is 1.69. The van der Waals surface area contributed by atoms with Gasteiger partial charge in [0.05, 0.1) is 7.11 Å². The molecule has 21 heavy (non-hydrogen) atoms. The quantitative estimate of drug-likeness (QED) is 0.791. The van der Waals surface area contributed by atoms with Crippen LogP contribution in [0.25, 0.3) is 0 Å². The maximum atomic E-state index is 6.29. The van der Waals surface area contributed by atoms with Gasteiger partial charge >= 0.3 is 0 Å². The van der Waals surface area contributed by atoms with E-state index in [1.807, 2.05) is 18.2 Å². The van der Waals surface area contributed by atoms with Gasteiger partial charge in [-0.25, -0.2) is 0 Å². The molecular weight excluding hydrogens is 278 g/mol. The molecule has 0 fully saturated rings. The lowest BCUT2D eigenvalue weighted by Crippen LogP contribution is -2.12. The lowest BCUT2D eigenvalue weighted by atomic mass is 10.00. The fraction of sp³-hybridized carbons (Fsp3) is 0.333. The molecular formula is C18H23NOS. The molecule has 112 valence electrons. The fourth-order valence-corrected chi connectivity index (χ4v) is 3.04. The van der Waals surface area contributed by atoms with Crippen LogP contribution in [0.2, 0.25) is 0 Å². The third-order valence-corrected chi connectivity index (χ3v) is 4.62. The van der Waals surface area contributed by atoms with E-state index in [0.717, 1.165) is 11.5 Å². The smallest absolute Gasteiger partial charge is 0.119 e. The summed E-state index contributed by atoms with van der Waals surface area (Å²) in [6, 6.07) is 16.8. The van der Waals surface area contributed by atoms with Gasteiger partial charge < -0.3 is 10.5 Å². The molecule has 1 atom stereocenters. The number of hydrogen-bond donors (Lipinski definition) is 1. The van der Waals surface area contributed by atoms with E-state index < -0.39 is 0 Å². The summed E-state index contributed by atoms with van der Waals surface area (Å²) in [6.45, 7) is 4.40. The highest BCUT2D eigenvalue weighted by molar-refractivity contribution is 7.99. The van der Waals surface area contributed by atoms with E-state index in [9.17, 15) is 0 Å². The summed E-state index contributed by atoms with van der Waals surface area (Å²) in [5.74, 6) is 2.30. The zero-order chi connectivity index (χ0) is 15.2. The van der Waals surface area contributed by atoms with Gasteiger partial charge in [-0.2, -0.15) is 0 Å². The first kappa shape index (κ1) is 15.9. The SMILES string of the molecule is COc1cccc(SCC(N)c2ccc(C(C)C)cc2)c1. The first-order valence-corrected chi connectivity index (χ1v) is 8.21. The van der Waals surface area contributed by atoms with E-state index >= 15 is 0 Å². The van der Waals surface area contributed by atoms with Gasteiger partial charge in [0.25, 0.3) is 0 Å². The Kier molecular flexibility index (Phi) is 5.71. The Morgan fingerprint density at radius 3 is 2.33 bits per heavy atom. The average molecular weight is 301 g/mol. The Bertz CT molecular complexity index is 566. The molecule has 2 aromatic rings. The minimum atomic E-state index is 0.0439. The molecule has 0 bridgehead atoms. The molecule has 0 aromatic heterocycles. The third-order valence-electron chi connectivity index (χ3n) is 3.50. The zero-order valence-electron chi connectivity index (χ0n) is 12.9. The summed E-state index contributed by atoms with van der Waals surface area (Å²) >= 11 is 1.76. The highest BCUT2D eigenvalue weighted by atomic mass is 32.2. The molecule has 1 unspecified atom stereocenters. The summed E-state index contributed by atoms with van der Waals surface area (Å²) in [5.41, 5.74) is 8.83. The molecule has 0 radical (unpaired) electrons. The Balaban J connectivity index is 1.96. The van der Waals surface area contributed by atoms with Crippen LogP contribution in [0.3, 0.4) is 0 Å². The van der Waals surface area contributed by atoms with Crippen LogP contribution >= 0.6 is 11.8 Å². The monoisotopic (exact) mass is 301 g/mol. The van der Waals surface area contributed by atoms with Gasteiger partial charge in [-0.1, -0.05) is 44.2 Å². The normalized spacial score (nSPS) is 12.4. The molecule has 3 heteroatoms. The zero-order valence-corrected chi connectivity index (χ0v) is 13.7. The number of rotatable bonds is 6. The summed E-state index contributed by atoms with van der Waals surface area (Å²) in [6.07, 6.45) is 0. The topological polar surface area (TPSA) is 35.2 Å². The molecule has 0 spiro atoms. The van der Waals surface area contributed by atoms with E-state index in [1.54, 1.807) is 18.9 Å². The summed E-state index contributed by atoms with van der Waals surface area (Å²) < 4.78 is 5.24. The van der Waals surface area contributed by atoms with Gasteiger partial charge in [0.15, 0.2) is 0 Å². The highest BCUT2D eigenvalue weighted by Crippen LogP contribution is 2.27. The molecule has 0 aliphatic carbocycles. The molecule has 0 amide bonds. The van der Waals surface area contributed by atoms with E-state index in [4.69, 9.17) is 10.5 Å². The third kappa shape index (κ3) is 4.51. The molecule has 2 rings (SSSR count).